The molecule has 0 saturated carbocycles. The van der Waals surface area contributed by atoms with Crippen LogP contribution in [0.25, 0.3) is 11.1 Å². The van der Waals surface area contributed by atoms with Crippen LogP contribution in [-0.4, -0.2) is 10.2 Å². The van der Waals surface area contributed by atoms with Gasteiger partial charge in [-0.25, -0.2) is 4.39 Å². The Balaban J connectivity index is 2.53. The van der Waals surface area contributed by atoms with Crippen molar-refractivity contribution < 1.29 is 4.39 Å². The molecular weight excluding hydrogens is 181 g/mol. The van der Waals surface area contributed by atoms with E-state index in [1.807, 2.05) is 6.07 Å². The number of H-pyrrole nitrogens is 1. The van der Waals surface area contributed by atoms with E-state index >= 15 is 0 Å². The Morgan fingerprint density at radius 1 is 1.43 bits per heavy atom. The van der Waals surface area contributed by atoms with Crippen LogP contribution in [0.2, 0.25) is 0 Å². The van der Waals surface area contributed by atoms with Crippen LogP contribution in [0.1, 0.15) is 5.56 Å². The second kappa shape index (κ2) is 3.14. The van der Waals surface area contributed by atoms with Crippen molar-refractivity contribution in [3.8, 4) is 11.1 Å². The van der Waals surface area contributed by atoms with Crippen LogP contribution in [0.15, 0.2) is 24.4 Å². The minimum Gasteiger partial charge on any atom is -0.384 e. The van der Waals surface area contributed by atoms with E-state index in [2.05, 4.69) is 10.2 Å². The number of nitrogens with two attached hydrogens (primary N) is 1. The van der Waals surface area contributed by atoms with Crippen LogP contribution in [-0.2, 0) is 0 Å². The lowest BCUT2D eigenvalue weighted by Gasteiger charge is -2.01. The molecule has 1 heterocycles. The van der Waals surface area contributed by atoms with Crippen molar-refractivity contribution in [2.75, 3.05) is 5.73 Å². The maximum Gasteiger partial charge on any atom is 0.126 e. The Morgan fingerprint density at radius 3 is 2.79 bits per heavy atom. The Morgan fingerprint density at radius 2 is 2.21 bits per heavy atom. The van der Waals surface area contributed by atoms with Gasteiger partial charge in [0.05, 0.1) is 6.20 Å². The molecule has 4 heteroatoms. The smallest absolute Gasteiger partial charge is 0.126 e. The highest BCUT2D eigenvalue weighted by atomic mass is 19.1. The van der Waals surface area contributed by atoms with Gasteiger partial charge in [-0.2, -0.15) is 5.10 Å². The molecular formula is C10H10FN3. The van der Waals surface area contributed by atoms with Gasteiger partial charge in [0.2, 0.25) is 0 Å². The number of anilines is 1. The summed E-state index contributed by atoms with van der Waals surface area (Å²) in [7, 11) is 0. The van der Waals surface area contributed by atoms with Gasteiger partial charge in [-0.15, -0.1) is 0 Å². The molecule has 0 unspecified atom stereocenters. The van der Waals surface area contributed by atoms with Crippen LogP contribution in [0.4, 0.5) is 10.2 Å². The lowest BCUT2D eigenvalue weighted by atomic mass is 10.1. The van der Waals surface area contributed by atoms with Gasteiger partial charge >= 0.3 is 0 Å². The first-order valence-corrected chi connectivity index (χ1v) is 4.24. The minimum absolute atomic E-state index is 0.233. The average molecular weight is 191 g/mol. The van der Waals surface area contributed by atoms with Gasteiger partial charge in [-0.1, -0.05) is 12.1 Å². The molecule has 1 aromatic carbocycles. The molecule has 0 spiro atoms. The summed E-state index contributed by atoms with van der Waals surface area (Å²) in [5, 5.41) is 6.38. The molecule has 14 heavy (non-hydrogen) atoms. The maximum absolute atomic E-state index is 13.2. The second-order valence-corrected chi connectivity index (χ2v) is 3.16. The first-order chi connectivity index (χ1) is 6.68. The van der Waals surface area contributed by atoms with E-state index in [4.69, 9.17) is 5.73 Å². The molecule has 0 amide bonds. The molecule has 3 N–H and O–H groups in total. The molecule has 0 radical (unpaired) electrons. The van der Waals surface area contributed by atoms with Crippen molar-refractivity contribution in [3.05, 3.63) is 35.8 Å². The molecule has 0 aliphatic heterocycles. The number of hydrogen-bond donors (Lipinski definition) is 2. The van der Waals surface area contributed by atoms with Crippen molar-refractivity contribution in [1.29, 1.82) is 0 Å². The van der Waals surface area contributed by atoms with Gasteiger partial charge < -0.3 is 5.73 Å². The van der Waals surface area contributed by atoms with Gasteiger partial charge in [-0.3, -0.25) is 5.10 Å². The minimum atomic E-state index is -0.233. The van der Waals surface area contributed by atoms with Gasteiger partial charge in [0.25, 0.3) is 0 Å². The van der Waals surface area contributed by atoms with E-state index in [9.17, 15) is 4.39 Å². The first-order valence-electron chi connectivity index (χ1n) is 4.24. The number of rotatable bonds is 1. The lowest BCUT2D eigenvalue weighted by molar-refractivity contribution is 0.619. The molecule has 0 bridgehead atoms. The topological polar surface area (TPSA) is 54.7 Å². The fourth-order valence-electron chi connectivity index (χ4n) is 1.29. The number of hydrogen-bond acceptors (Lipinski definition) is 2. The third kappa shape index (κ3) is 1.35. The number of halogens is 1. The Labute approximate surface area is 80.8 Å². The number of aromatic nitrogens is 2. The van der Waals surface area contributed by atoms with Crippen molar-refractivity contribution in [3.63, 3.8) is 0 Å². The fourth-order valence-corrected chi connectivity index (χ4v) is 1.29. The van der Waals surface area contributed by atoms with E-state index in [1.54, 1.807) is 19.2 Å². The average Bonchev–Trinajstić information content (AvgIpc) is 2.57. The SMILES string of the molecule is Cc1ccc(-c2cn[nH]c2N)cc1F. The number of nitrogens with zero attached hydrogens (tertiary/aromatic N) is 1. The monoisotopic (exact) mass is 191 g/mol. The number of nitrogen functional groups attached to an aromatic ring is 1. The normalized spacial score (nSPS) is 10.4. The number of benzene rings is 1. The summed E-state index contributed by atoms with van der Waals surface area (Å²) >= 11 is 0. The van der Waals surface area contributed by atoms with Crippen LogP contribution >= 0.6 is 0 Å². The van der Waals surface area contributed by atoms with Crippen molar-refractivity contribution in [2.24, 2.45) is 0 Å². The third-order valence-corrected chi connectivity index (χ3v) is 2.15. The number of aromatic amines is 1. The summed E-state index contributed by atoms with van der Waals surface area (Å²) in [6.45, 7) is 1.72. The predicted octanol–water partition coefficient (Wildman–Crippen LogP) is 2.11. The van der Waals surface area contributed by atoms with Crippen LogP contribution in [0.5, 0.6) is 0 Å². The molecule has 0 aliphatic carbocycles. The molecule has 0 atom stereocenters. The molecule has 3 nitrogen and oxygen atoms in total. The lowest BCUT2D eigenvalue weighted by Crippen LogP contribution is -1.89. The third-order valence-electron chi connectivity index (χ3n) is 2.15. The van der Waals surface area contributed by atoms with E-state index < -0.39 is 0 Å². The Bertz CT molecular complexity index is 462. The summed E-state index contributed by atoms with van der Waals surface area (Å²) < 4.78 is 13.2. The summed E-state index contributed by atoms with van der Waals surface area (Å²) in [4.78, 5) is 0. The van der Waals surface area contributed by atoms with Crippen LogP contribution < -0.4 is 5.73 Å². The standard InChI is InChI=1S/C10H10FN3/c1-6-2-3-7(4-9(6)11)8-5-13-14-10(8)12/h2-5H,1H3,(H3,12,13,14). The Kier molecular flexibility index (Phi) is 1.96. The van der Waals surface area contributed by atoms with Crippen molar-refractivity contribution in [1.82, 2.24) is 10.2 Å². The van der Waals surface area contributed by atoms with E-state index in [0.29, 0.717) is 11.4 Å². The highest BCUT2D eigenvalue weighted by Gasteiger charge is 2.06. The zero-order valence-electron chi connectivity index (χ0n) is 7.71. The predicted molar refractivity (Wildman–Crippen MR) is 53.1 cm³/mol. The molecule has 72 valence electrons. The molecule has 2 aromatic rings. The van der Waals surface area contributed by atoms with E-state index in [-0.39, 0.29) is 5.82 Å². The quantitative estimate of drug-likeness (QED) is 0.725. The fraction of sp³-hybridized carbons (Fsp3) is 0.100. The van der Waals surface area contributed by atoms with Crippen molar-refractivity contribution in [2.45, 2.75) is 6.92 Å². The highest BCUT2D eigenvalue weighted by Crippen LogP contribution is 2.24. The molecule has 2 rings (SSSR count). The second-order valence-electron chi connectivity index (χ2n) is 3.16. The number of aryl methyl sites for hydroxylation is 1. The van der Waals surface area contributed by atoms with Crippen LogP contribution in [0.3, 0.4) is 0 Å². The zero-order chi connectivity index (χ0) is 10.1. The maximum atomic E-state index is 13.2. The van der Waals surface area contributed by atoms with Gasteiger partial charge in [0, 0.05) is 5.56 Å². The summed E-state index contributed by atoms with van der Waals surface area (Å²) in [5.41, 5.74) is 7.70. The molecule has 0 saturated heterocycles. The number of nitrogens with one attached hydrogen (secondary N) is 1. The highest BCUT2D eigenvalue weighted by molar-refractivity contribution is 5.73. The summed E-state index contributed by atoms with van der Waals surface area (Å²) in [5.74, 6) is 0.219. The van der Waals surface area contributed by atoms with Gasteiger partial charge in [0.1, 0.15) is 11.6 Å². The largest absolute Gasteiger partial charge is 0.384 e. The first kappa shape index (κ1) is 8.74. The van der Waals surface area contributed by atoms with Crippen LogP contribution in [0, 0.1) is 12.7 Å². The van der Waals surface area contributed by atoms with Gasteiger partial charge in [0.15, 0.2) is 0 Å². The Hall–Kier alpha value is -1.84. The molecule has 0 fully saturated rings. The van der Waals surface area contributed by atoms with E-state index in [1.165, 1.54) is 6.07 Å². The summed E-state index contributed by atoms with van der Waals surface area (Å²) in [6.07, 6.45) is 1.58. The van der Waals surface area contributed by atoms with Crippen molar-refractivity contribution >= 4 is 5.82 Å². The zero-order valence-corrected chi connectivity index (χ0v) is 7.71. The molecule has 0 aliphatic rings. The van der Waals surface area contributed by atoms with Gasteiger partial charge in [-0.05, 0) is 24.1 Å². The van der Waals surface area contributed by atoms with E-state index in [0.717, 1.165) is 11.1 Å². The molecule has 1 aromatic heterocycles. The summed E-state index contributed by atoms with van der Waals surface area (Å²) in [6, 6.07) is 4.99.